The number of aromatic nitrogens is 2. The van der Waals surface area contributed by atoms with Gasteiger partial charge >= 0.3 is 0 Å². The highest BCUT2D eigenvalue weighted by atomic mass is 16.5. The highest BCUT2D eigenvalue weighted by Crippen LogP contribution is 2.12. The Balaban J connectivity index is 2.03. The topological polar surface area (TPSA) is 73.1 Å². The highest BCUT2D eigenvalue weighted by molar-refractivity contribution is 5.33. The molecule has 1 aromatic heterocycles. The number of methoxy groups -OCH3 is 1. The Morgan fingerprint density at radius 2 is 1.84 bits per heavy atom. The molecule has 19 heavy (non-hydrogen) atoms. The summed E-state index contributed by atoms with van der Waals surface area (Å²) in [5.74, 6) is 1.13. The van der Waals surface area contributed by atoms with Crippen molar-refractivity contribution >= 4 is 5.95 Å². The molecule has 0 saturated carbocycles. The van der Waals surface area contributed by atoms with Gasteiger partial charge in [0.05, 0.1) is 7.11 Å². The summed E-state index contributed by atoms with van der Waals surface area (Å²) in [7, 11) is 1.59. The number of nitrogens with zero attached hydrogens (tertiary/aromatic N) is 2. The second kappa shape index (κ2) is 6.15. The zero-order chi connectivity index (χ0) is 13.7. The maximum atomic E-state index is 5.56. The van der Waals surface area contributed by atoms with Crippen LogP contribution in [0.15, 0.2) is 30.3 Å². The average Bonchev–Trinajstić information content (AvgIpc) is 2.45. The van der Waals surface area contributed by atoms with Crippen molar-refractivity contribution in [2.24, 2.45) is 5.73 Å². The first-order valence-electron chi connectivity index (χ1n) is 6.12. The fraction of sp³-hybridized carbons (Fsp3) is 0.286. The smallest absolute Gasteiger partial charge is 0.226 e. The Morgan fingerprint density at radius 1 is 1.16 bits per heavy atom. The molecule has 0 aliphatic carbocycles. The van der Waals surface area contributed by atoms with E-state index in [4.69, 9.17) is 10.5 Å². The van der Waals surface area contributed by atoms with Crippen LogP contribution in [0.1, 0.15) is 16.8 Å². The van der Waals surface area contributed by atoms with Crippen LogP contribution < -0.4 is 15.8 Å². The van der Waals surface area contributed by atoms with E-state index in [1.807, 2.05) is 31.2 Å². The van der Waals surface area contributed by atoms with Crippen molar-refractivity contribution in [3.05, 3.63) is 47.2 Å². The van der Waals surface area contributed by atoms with E-state index in [1.54, 1.807) is 13.2 Å². The molecule has 0 atom stereocenters. The third-order valence-corrected chi connectivity index (χ3v) is 2.75. The summed E-state index contributed by atoms with van der Waals surface area (Å²) in [4.78, 5) is 8.54. The predicted octanol–water partition coefficient (Wildman–Crippen LogP) is 1.86. The van der Waals surface area contributed by atoms with Gasteiger partial charge in [-0.25, -0.2) is 4.98 Å². The molecule has 1 aromatic carbocycles. The van der Waals surface area contributed by atoms with E-state index in [9.17, 15) is 0 Å². The van der Waals surface area contributed by atoms with Crippen LogP contribution in [0.3, 0.4) is 0 Å². The summed E-state index contributed by atoms with van der Waals surface area (Å²) in [6, 6.07) is 9.93. The van der Waals surface area contributed by atoms with Crippen molar-refractivity contribution in [2.45, 2.75) is 20.0 Å². The molecular weight excluding hydrogens is 240 g/mol. The summed E-state index contributed by atoms with van der Waals surface area (Å²) in [6.45, 7) is 3.13. The molecule has 0 saturated heterocycles. The molecule has 0 aliphatic rings. The average molecular weight is 258 g/mol. The van der Waals surface area contributed by atoms with E-state index in [2.05, 4.69) is 15.3 Å². The zero-order valence-electron chi connectivity index (χ0n) is 11.2. The van der Waals surface area contributed by atoms with Gasteiger partial charge in [0.2, 0.25) is 11.8 Å². The Bertz CT molecular complexity index is 540. The summed E-state index contributed by atoms with van der Waals surface area (Å²) < 4.78 is 5.11. The first-order chi connectivity index (χ1) is 9.21. The minimum Gasteiger partial charge on any atom is -0.481 e. The number of hydrogen-bond acceptors (Lipinski definition) is 5. The third-order valence-electron chi connectivity index (χ3n) is 2.75. The number of nitrogens with two attached hydrogens (primary N) is 1. The zero-order valence-corrected chi connectivity index (χ0v) is 11.2. The summed E-state index contributed by atoms with van der Waals surface area (Å²) in [5, 5.41) is 3.18. The standard InChI is InChI=1S/C14H18N4O/c1-10-7-13(19-2)18-14(17-10)16-9-12-5-3-11(8-15)4-6-12/h3-7H,8-9,15H2,1-2H3,(H,16,17,18). The first-order valence-corrected chi connectivity index (χ1v) is 6.12. The lowest BCUT2D eigenvalue weighted by molar-refractivity contribution is 0.397. The van der Waals surface area contributed by atoms with Crippen molar-refractivity contribution in [1.29, 1.82) is 0 Å². The molecule has 0 amide bonds. The summed E-state index contributed by atoms with van der Waals surface area (Å²) in [5.41, 5.74) is 8.71. The van der Waals surface area contributed by atoms with Crippen molar-refractivity contribution in [3.8, 4) is 5.88 Å². The molecule has 0 radical (unpaired) electrons. The number of hydrogen-bond donors (Lipinski definition) is 2. The molecule has 0 spiro atoms. The Morgan fingerprint density at radius 3 is 2.47 bits per heavy atom. The lowest BCUT2D eigenvalue weighted by Crippen LogP contribution is -2.05. The molecular formula is C14H18N4O. The van der Waals surface area contributed by atoms with E-state index in [-0.39, 0.29) is 0 Å². The van der Waals surface area contributed by atoms with Crippen LogP contribution in [-0.2, 0) is 13.1 Å². The molecule has 2 rings (SSSR count). The lowest BCUT2D eigenvalue weighted by Gasteiger charge is -2.08. The van der Waals surface area contributed by atoms with Gasteiger partial charge in [-0.05, 0) is 18.1 Å². The molecule has 5 heteroatoms. The van der Waals surface area contributed by atoms with Crippen molar-refractivity contribution < 1.29 is 4.74 Å². The maximum absolute atomic E-state index is 5.56. The highest BCUT2D eigenvalue weighted by Gasteiger charge is 2.02. The largest absolute Gasteiger partial charge is 0.481 e. The minimum atomic E-state index is 0.561. The molecule has 5 nitrogen and oxygen atoms in total. The molecule has 1 heterocycles. The van der Waals surface area contributed by atoms with Crippen LogP contribution in [0.4, 0.5) is 5.95 Å². The van der Waals surface area contributed by atoms with Gasteiger partial charge in [0.1, 0.15) is 0 Å². The van der Waals surface area contributed by atoms with Gasteiger partial charge < -0.3 is 15.8 Å². The maximum Gasteiger partial charge on any atom is 0.226 e. The Labute approximate surface area is 112 Å². The number of anilines is 1. The van der Waals surface area contributed by atoms with Gasteiger partial charge in [-0.15, -0.1) is 0 Å². The monoisotopic (exact) mass is 258 g/mol. The van der Waals surface area contributed by atoms with Gasteiger partial charge in [0.15, 0.2) is 0 Å². The fourth-order valence-electron chi connectivity index (χ4n) is 1.70. The fourth-order valence-corrected chi connectivity index (χ4v) is 1.70. The van der Waals surface area contributed by atoms with Crippen molar-refractivity contribution in [1.82, 2.24) is 9.97 Å². The number of ether oxygens (including phenoxy) is 1. The van der Waals surface area contributed by atoms with E-state index >= 15 is 0 Å². The van der Waals surface area contributed by atoms with E-state index in [0.717, 1.165) is 16.8 Å². The normalized spacial score (nSPS) is 10.3. The summed E-state index contributed by atoms with van der Waals surface area (Å²) in [6.07, 6.45) is 0. The number of aryl methyl sites for hydroxylation is 1. The Hall–Kier alpha value is -2.14. The van der Waals surface area contributed by atoms with Crippen LogP contribution in [0, 0.1) is 6.92 Å². The van der Waals surface area contributed by atoms with E-state index in [1.165, 1.54) is 0 Å². The van der Waals surface area contributed by atoms with E-state index < -0.39 is 0 Å². The number of rotatable bonds is 5. The van der Waals surface area contributed by atoms with Crippen molar-refractivity contribution in [3.63, 3.8) is 0 Å². The number of nitrogens with one attached hydrogen (secondary N) is 1. The van der Waals surface area contributed by atoms with Crippen LogP contribution in [-0.4, -0.2) is 17.1 Å². The molecule has 0 bridgehead atoms. The van der Waals surface area contributed by atoms with Gasteiger partial charge in [-0.1, -0.05) is 24.3 Å². The van der Waals surface area contributed by atoms with E-state index in [0.29, 0.717) is 24.9 Å². The first kappa shape index (κ1) is 13.3. The second-order valence-corrected chi connectivity index (χ2v) is 4.25. The quantitative estimate of drug-likeness (QED) is 0.856. The van der Waals surface area contributed by atoms with Crippen LogP contribution in [0.25, 0.3) is 0 Å². The summed E-state index contributed by atoms with van der Waals surface area (Å²) >= 11 is 0. The molecule has 0 unspecified atom stereocenters. The van der Waals surface area contributed by atoms with Crippen LogP contribution in [0.2, 0.25) is 0 Å². The minimum absolute atomic E-state index is 0.561. The van der Waals surface area contributed by atoms with Crippen LogP contribution in [0.5, 0.6) is 5.88 Å². The van der Waals surface area contributed by atoms with Crippen LogP contribution >= 0.6 is 0 Å². The predicted molar refractivity (Wildman–Crippen MR) is 75.0 cm³/mol. The van der Waals surface area contributed by atoms with Gasteiger partial charge in [-0.2, -0.15) is 4.98 Å². The second-order valence-electron chi connectivity index (χ2n) is 4.25. The third kappa shape index (κ3) is 3.66. The lowest BCUT2D eigenvalue weighted by atomic mass is 10.1. The molecule has 3 N–H and O–H groups in total. The number of benzene rings is 1. The van der Waals surface area contributed by atoms with Gasteiger partial charge in [0.25, 0.3) is 0 Å². The van der Waals surface area contributed by atoms with Crippen molar-refractivity contribution in [2.75, 3.05) is 12.4 Å². The SMILES string of the molecule is COc1cc(C)nc(NCc2ccc(CN)cc2)n1. The van der Waals surface area contributed by atoms with Gasteiger partial charge in [0, 0.05) is 24.8 Å². The molecule has 0 fully saturated rings. The molecule has 100 valence electrons. The Kier molecular flexibility index (Phi) is 4.30. The molecule has 0 aliphatic heterocycles. The van der Waals surface area contributed by atoms with Gasteiger partial charge in [-0.3, -0.25) is 0 Å². The molecule has 2 aromatic rings.